The third-order valence-electron chi connectivity index (χ3n) is 3.60. The highest BCUT2D eigenvalue weighted by Gasteiger charge is 2.20. The van der Waals surface area contributed by atoms with Crippen molar-refractivity contribution >= 4 is 35.8 Å². The number of nitrogens with one attached hydrogen (secondary N) is 3. The second kappa shape index (κ2) is 11.1. The summed E-state index contributed by atoms with van der Waals surface area (Å²) in [5, 5.41) is 9.33. The number of hydrogen-bond donors (Lipinski definition) is 3. The topological polar surface area (TPSA) is 74.8 Å². The van der Waals surface area contributed by atoms with Crippen LogP contribution in [0.15, 0.2) is 29.3 Å². The van der Waals surface area contributed by atoms with Crippen molar-refractivity contribution in [2.24, 2.45) is 10.9 Å². The first-order valence-corrected chi connectivity index (χ1v) is 8.17. The van der Waals surface area contributed by atoms with Gasteiger partial charge in [-0.25, -0.2) is 0 Å². The average Bonchev–Trinajstić information content (AvgIpc) is 3.40. The van der Waals surface area contributed by atoms with Gasteiger partial charge in [0, 0.05) is 31.7 Å². The fraction of sp³-hybridized carbons (Fsp3) is 0.529. The third-order valence-corrected chi connectivity index (χ3v) is 3.60. The Morgan fingerprint density at radius 3 is 2.42 bits per heavy atom. The van der Waals surface area contributed by atoms with Crippen LogP contribution in [0, 0.1) is 5.92 Å². The molecule has 1 aromatic carbocycles. The van der Waals surface area contributed by atoms with E-state index in [0.717, 1.165) is 30.7 Å². The Morgan fingerprint density at radius 2 is 1.83 bits per heavy atom. The van der Waals surface area contributed by atoms with Crippen LogP contribution in [-0.4, -0.2) is 45.2 Å². The van der Waals surface area contributed by atoms with E-state index in [9.17, 15) is 4.79 Å². The van der Waals surface area contributed by atoms with Gasteiger partial charge in [-0.1, -0.05) is 0 Å². The van der Waals surface area contributed by atoms with Crippen molar-refractivity contribution in [1.82, 2.24) is 16.0 Å². The van der Waals surface area contributed by atoms with Gasteiger partial charge in [-0.15, -0.1) is 24.0 Å². The van der Waals surface area contributed by atoms with Gasteiger partial charge in [0.15, 0.2) is 5.96 Å². The molecular formula is C17H27IN4O2. The van der Waals surface area contributed by atoms with Gasteiger partial charge in [0.05, 0.1) is 7.11 Å². The zero-order valence-corrected chi connectivity index (χ0v) is 16.6. The lowest BCUT2D eigenvalue weighted by molar-refractivity contribution is 0.0954. The van der Waals surface area contributed by atoms with E-state index in [1.54, 1.807) is 31.4 Å². The van der Waals surface area contributed by atoms with Gasteiger partial charge in [0.25, 0.3) is 5.91 Å². The molecule has 0 aliphatic heterocycles. The summed E-state index contributed by atoms with van der Waals surface area (Å²) in [5.74, 6) is 2.23. The molecule has 2 rings (SSSR count). The fourth-order valence-electron chi connectivity index (χ4n) is 2.06. The standard InChI is InChI=1S/C17H26N4O2.HI/c1-3-18-17(21-12-13-4-5-13)20-11-10-19-16(22)14-6-8-15(23-2)9-7-14;/h6-9,13H,3-5,10-12H2,1-2H3,(H,19,22)(H2,18,20,21);1H. The summed E-state index contributed by atoms with van der Waals surface area (Å²) in [4.78, 5) is 16.5. The van der Waals surface area contributed by atoms with Crippen molar-refractivity contribution in [2.75, 3.05) is 33.3 Å². The number of benzene rings is 1. The lowest BCUT2D eigenvalue weighted by atomic mass is 10.2. The number of carbonyl (C=O) groups is 1. The van der Waals surface area contributed by atoms with E-state index in [1.807, 2.05) is 6.92 Å². The maximum atomic E-state index is 12.0. The largest absolute Gasteiger partial charge is 0.497 e. The number of ether oxygens (including phenoxy) is 1. The molecule has 0 radical (unpaired) electrons. The molecule has 0 spiro atoms. The molecule has 24 heavy (non-hydrogen) atoms. The molecule has 0 atom stereocenters. The molecule has 0 aromatic heterocycles. The predicted octanol–water partition coefficient (Wildman–Crippen LogP) is 2.01. The number of guanidine groups is 1. The Hall–Kier alpha value is -1.51. The third kappa shape index (κ3) is 7.37. The van der Waals surface area contributed by atoms with Crippen LogP contribution in [0.25, 0.3) is 0 Å². The van der Waals surface area contributed by atoms with Gasteiger partial charge in [0.2, 0.25) is 0 Å². The Kier molecular flexibility index (Phi) is 9.51. The number of amides is 1. The SMILES string of the molecule is CCNC(=NCC1CC1)NCCNC(=O)c1ccc(OC)cc1.I. The van der Waals surface area contributed by atoms with E-state index in [1.165, 1.54) is 12.8 Å². The number of aliphatic imine (C=N–C) groups is 1. The molecule has 1 aliphatic rings. The zero-order valence-electron chi connectivity index (χ0n) is 14.3. The highest BCUT2D eigenvalue weighted by Crippen LogP contribution is 2.28. The molecule has 1 aromatic rings. The predicted molar refractivity (Wildman–Crippen MR) is 107 cm³/mol. The number of rotatable bonds is 8. The summed E-state index contributed by atoms with van der Waals surface area (Å²) in [7, 11) is 1.60. The fourth-order valence-corrected chi connectivity index (χ4v) is 2.06. The van der Waals surface area contributed by atoms with Crippen molar-refractivity contribution < 1.29 is 9.53 Å². The maximum absolute atomic E-state index is 12.0. The van der Waals surface area contributed by atoms with Gasteiger partial charge in [-0.3, -0.25) is 9.79 Å². The maximum Gasteiger partial charge on any atom is 0.251 e. The second-order valence-electron chi connectivity index (χ2n) is 5.57. The van der Waals surface area contributed by atoms with Crippen LogP contribution in [0.2, 0.25) is 0 Å². The van der Waals surface area contributed by atoms with Crippen molar-refractivity contribution in [1.29, 1.82) is 0 Å². The first-order valence-electron chi connectivity index (χ1n) is 8.17. The molecule has 0 unspecified atom stereocenters. The van der Waals surface area contributed by atoms with Gasteiger partial charge >= 0.3 is 0 Å². The molecule has 1 aliphatic carbocycles. The van der Waals surface area contributed by atoms with Gasteiger partial charge < -0.3 is 20.7 Å². The molecule has 1 saturated carbocycles. The minimum absolute atomic E-state index is 0. The Bertz CT molecular complexity index is 530. The summed E-state index contributed by atoms with van der Waals surface area (Å²) in [6.07, 6.45) is 2.58. The first-order chi connectivity index (χ1) is 11.2. The molecule has 0 heterocycles. The van der Waals surface area contributed by atoms with Crippen LogP contribution in [0.3, 0.4) is 0 Å². The molecule has 0 saturated heterocycles. The van der Waals surface area contributed by atoms with Crippen LogP contribution in [-0.2, 0) is 0 Å². The monoisotopic (exact) mass is 446 g/mol. The van der Waals surface area contributed by atoms with E-state index in [2.05, 4.69) is 20.9 Å². The second-order valence-corrected chi connectivity index (χ2v) is 5.57. The van der Waals surface area contributed by atoms with Crippen molar-refractivity contribution in [3.8, 4) is 5.75 Å². The van der Waals surface area contributed by atoms with Crippen LogP contribution in [0.1, 0.15) is 30.1 Å². The van der Waals surface area contributed by atoms with Crippen LogP contribution >= 0.6 is 24.0 Å². The Morgan fingerprint density at radius 1 is 1.17 bits per heavy atom. The summed E-state index contributed by atoms with van der Waals surface area (Å²) in [6, 6.07) is 7.06. The van der Waals surface area contributed by atoms with Gasteiger partial charge in [0.1, 0.15) is 5.75 Å². The summed E-state index contributed by atoms with van der Waals surface area (Å²) >= 11 is 0. The Labute approximate surface area is 160 Å². The molecule has 6 nitrogen and oxygen atoms in total. The molecule has 3 N–H and O–H groups in total. The number of methoxy groups -OCH3 is 1. The lowest BCUT2D eigenvalue weighted by Gasteiger charge is -2.12. The summed E-state index contributed by atoms with van der Waals surface area (Å²) < 4.78 is 5.08. The number of halogens is 1. The average molecular weight is 446 g/mol. The van der Waals surface area contributed by atoms with E-state index < -0.39 is 0 Å². The van der Waals surface area contributed by atoms with E-state index in [0.29, 0.717) is 18.7 Å². The first kappa shape index (κ1) is 20.5. The normalized spacial score (nSPS) is 13.7. The van der Waals surface area contributed by atoms with Crippen molar-refractivity contribution in [2.45, 2.75) is 19.8 Å². The van der Waals surface area contributed by atoms with Crippen molar-refractivity contribution in [3.05, 3.63) is 29.8 Å². The molecule has 1 amide bonds. The Balaban J connectivity index is 0.00000288. The van der Waals surface area contributed by atoms with Gasteiger partial charge in [-0.2, -0.15) is 0 Å². The van der Waals surface area contributed by atoms with Crippen LogP contribution in [0.4, 0.5) is 0 Å². The molecule has 1 fully saturated rings. The number of nitrogens with zero attached hydrogens (tertiary/aromatic N) is 1. The zero-order chi connectivity index (χ0) is 16.5. The van der Waals surface area contributed by atoms with E-state index in [4.69, 9.17) is 4.74 Å². The quantitative estimate of drug-likeness (QED) is 0.247. The molecule has 7 heteroatoms. The van der Waals surface area contributed by atoms with E-state index in [-0.39, 0.29) is 29.9 Å². The lowest BCUT2D eigenvalue weighted by Crippen LogP contribution is -2.41. The molecule has 0 bridgehead atoms. The van der Waals surface area contributed by atoms with Crippen molar-refractivity contribution in [3.63, 3.8) is 0 Å². The summed E-state index contributed by atoms with van der Waals surface area (Å²) in [6.45, 7) is 4.93. The summed E-state index contributed by atoms with van der Waals surface area (Å²) in [5.41, 5.74) is 0.625. The van der Waals surface area contributed by atoms with Gasteiger partial charge in [-0.05, 0) is 49.9 Å². The van der Waals surface area contributed by atoms with Crippen LogP contribution in [0.5, 0.6) is 5.75 Å². The minimum atomic E-state index is -0.0885. The van der Waals surface area contributed by atoms with Crippen LogP contribution < -0.4 is 20.7 Å². The smallest absolute Gasteiger partial charge is 0.251 e. The number of carbonyl (C=O) groups excluding carboxylic acids is 1. The van der Waals surface area contributed by atoms with E-state index >= 15 is 0 Å². The molecular weight excluding hydrogens is 419 g/mol. The molecule has 134 valence electrons. The minimum Gasteiger partial charge on any atom is -0.497 e. The highest BCUT2D eigenvalue weighted by atomic mass is 127. The highest BCUT2D eigenvalue weighted by molar-refractivity contribution is 14.0. The number of hydrogen-bond acceptors (Lipinski definition) is 3.